The van der Waals surface area contributed by atoms with E-state index in [9.17, 15) is 8.78 Å². The van der Waals surface area contributed by atoms with E-state index in [1.54, 1.807) is 13.1 Å². The smallest absolute Gasteiger partial charge is 0.257 e. The van der Waals surface area contributed by atoms with E-state index in [-0.39, 0.29) is 6.54 Å². The molecule has 0 aliphatic heterocycles. The number of hydrogen-bond donors (Lipinski definition) is 1. The van der Waals surface area contributed by atoms with Crippen LogP contribution < -0.4 is 5.32 Å². The number of anilines is 1. The van der Waals surface area contributed by atoms with Crippen molar-refractivity contribution in [1.29, 1.82) is 0 Å². The highest BCUT2D eigenvalue weighted by molar-refractivity contribution is 5.34. The molecule has 0 amide bonds. The Kier molecular flexibility index (Phi) is 4.93. The highest BCUT2D eigenvalue weighted by atomic mass is 19.3. The van der Waals surface area contributed by atoms with Gasteiger partial charge >= 0.3 is 0 Å². The highest BCUT2D eigenvalue weighted by Crippen LogP contribution is 2.14. The number of halogens is 2. The van der Waals surface area contributed by atoms with Crippen LogP contribution in [0, 0.1) is 6.92 Å². The zero-order valence-electron chi connectivity index (χ0n) is 12.6. The van der Waals surface area contributed by atoms with Crippen LogP contribution in [0.3, 0.4) is 0 Å². The Labute approximate surface area is 123 Å². The lowest BCUT2D eigenvalue weighted by Crippen LogP contribution is -2.10. The standard InChI is InChI=1S/C14H21F2N5/c1-4-10(2)20-6-5-14(19-20)17-7-12-8-18-21(11(12)3)9-13(15)16/h5-6,8,10,13H,4,7,9H2,1-3H3,(H,17,19). The van der Waals surface area contributed by atoms with Gasteiger partial charge in [-0.05, 0) is 20.3 Å². The summed E-state index contributed by atoms with van der Waals surface area (Å²) in [6.45, 7) is 6.17. The largest absolute Gasteiger partial charge is 0.364 e. The summed E-state index contributed by atoms with van der Waals surface area (Å²) in [5.41, 5.74) is 1.65. The van der Waals surface area contributed by atoms with Crippen LogP contribution in [-0.2, 0) is 13.1 Å². The first-order chi connectivity index (χ1) is 10.0. The minimum Gasteiger partial charge on any atom is -0.364 e. The maximum Gasteiger partial charge on any atom is 0.257 e. The Morgan fingerprint density at radius 1 is 1.38 bits per heavy atom. The third-order valence-corrected chi connectivity index (χ3v) is 3.63. The number of aromatic nitrogens is 4. The molecule has 0 aromatic carbocycles. The summed E-state index contributed by atoms with van der Waals surface area (Å²) in [5, 5.41) is 11.6. The molecule has 0 saturated carbocycles. The van der Waals surface area contributed by atoms with E-state index in [2.05, 4.69) is 29.4 Å². The van der Waals surface area contributed by atoms with Crippen molar-refractivity contribution in [1.82, 2.24) is 19.6 Å². The molecular formula is C14H21F2N5. The van der Waals surface area contributed by atoms with Gasteiger partial charge in [-0.15, -0.1) is 0 Å². The number of nitrogens with zero attached hydrogens (tertiary/aromatic N) is 4. The minimum absolute atomic E-state index is 0.357. The second-order valence-electron chi connectivity index (χ2n) is 5.12. The van der Waals surface area contributed by atoms with Gasteiger partial charge in [-0.3, -0.25) is 9.36 Å². The van der Waals surface area contributed by atoms with E-state index >= 15 is 0 Å². The molecule has 2 rings (SSSR count). The normalized spacial score (nSPS) is 12.9. The van der Waals surface area contributed by atoms with Crippen molar-refractivity contribution < 1.29 is 8.78 Å². The summed E-state index contributed by atoms with van der Waals surface area (Å²) in [4.78, 5) is 0. The van der Waals surface area contributed by atoms with Crippen LogP contribution in [0.4, 0.5) is 14.6 Å². The lowest BCUT2D eigenvalue weighted by Gasteiger charge is -2.08. The number of alkyl halides is 2. The van der Waals surface area contributed by atoms with Gasteiger partial charge in [-0.2, -0.15) is 10.2 Å². The first-order valence-electron chi connectivity index (χ1n) is 7.09. The summed E-state index contributed by atoms with van der Waals surface area (Å²) in [5.74, 6) is 0.774. The van der Waals surface area contributed by atoms with E-state index in [1.165, 1.54) is 4.68 Å². The molecule has 0 aliphatic rings. The van der Waals surface area contributed by atoms with Gasteiger partial charge in [0.2, 0.25) is 0 Å². The molecule has 0 aliphatic carbocycles. The number of nitrogens with one attached hydrogen (secondary N) is 1. The van der Waals surface area contributed by atoms with Crippen molar-refractivity contribution in [2.45, 2.75) is 52.7 Å². The SMILES string of the molecule is CCC(C)n1ccc(NCc2cnn(CC(F)F)c2C)n1. The Morgan fingerprint density at radius 2 is 2.14 bits per heavy atom. The molecular weight excluding hydrogens is 276 g/mol. The van der Waals surface area contributed by atoms with E-state index in [0.29, 0.717) is 12.6 Å². The van der Waals surface area contributed by atoms with E-state index in [1.807, 2.05) is 16.9 Å². The molecule has 1 atom stereocenters. The number of hydrogen-bond acceptors (Lipinski definition) is 3. The molecule has 0 bridgehead atoms. The lowest BCUT2D eigenvalue weighted by atomic mass is 10.2. The Morgan fingerprint density at radius 3 is 2.81 bits per heavy atom. The van der Waals surface area contributed by atoms with E-state index < -0.39 is 6.43 Å². The third-order valence-electron chi connectivity index (χ3n) is 3.63. The average Bonchev–Trinajstić information content (AvgIpc) is 3.04. The fraction of sp³-hybridized carbons (Fsp3) is 0.571. The van der Waals surface area contributed by atoms with E-state index in [4.69, 9.17) is 0 Å². The van der Waals surface area contributed by atoms with Crippen molar-refractivity contribution in [3.8, 4) is 0 Å². The van der Waals surface area contributed by atoms with Crippen LogP contribution in [0.15, 0.2) is 18.5 Å². The molecule has 116 valence electrons. The Hall–Kier alpha value is -1.92. The second-order valence-corrected chi connectivity index (χ2v) is 5.12. The van der Waals surface area contributed by atoms with Crippen molar-refractivity contribution in [2.24, 2.45) is 0 Å². The van der Waals surface area contributed by atoms with Crippen LogP contribution in [0.25, 0.3) is 0 Å². The van der Waals surface area contributed by atoms with Crippen molar-refractivity contribution in [3.05, 3.63) is 29.7 Å². The predicted octanol–water partition coefficient (Wildman–Crippen LogP) is 3.24. The van der Waals surface area contributed by atoms with Crippen LogP contribution >= 0.6 is 0 Å². The van der Waals surface area contributed by atoms with E-state index in [0.717, 1.165) is 23.5 Å². The van der Waals surface area contributed by atoms with Gasteiger partial charge in [-0.25, -0.2) is 8.78 Å². The number of rotatable bonds is 7. The zero-order valence-corrected chi connectivity index (χ0v) is 12.6. The maximum absolute atomic E-state index is 12.4. The first-order valence-corrected chi connectivity index (χ1v) is 7.09. The van der Waals surface area contributed by atoms with Crippen molar-refractivity contribution in [2.75, 3.05) is 5.32 Å². The van der Waals surface area contributed by atoms with Gasteiger partial charge in [-0.1, -0.05) is 6.92 Å². The quantitative estimate of drug-likeness (QED) is 0.853. The zero-order chi connectivity index (χ0) is 15.4. The van der Waals surface area contributed by atoms with Gasteiger partial charge in [0.15, 0.2) is 0 Å². The Balaban J connectivity index is 1.97. The van der Waals surface area contributed by atoms with Gasteiger partial charge in [0.25, 0.3) is 6.43 Å². The molecule has 2 aromatic heterocycles. The van der Waals surface area contributed by atoms with Crippen LogP contribution in [0.5, 0.6) is 0 Å². The molecule has 7 heteroatoms. The molecule has 2 aromatic rings. The van der Waals surface area contributed by atoms with Gasteiger partial charge in [0.1, 0.15) is 12.4 Å². The fourth-order valence-electron chi connectivity index (χ4n) is 2.02. The van der Waals surface area contributed by atoms with Gasteiger partial charge < -0.3 is 5.32 Å². The third kappa shape index (κ3) is 3.80. The minimum atomic E-state index is -2.39. The van der Waals surface area contributed by atoms with Crippen LogP contribution in [0.2, 0.25) is 0 Å². The molecule has 0 fully saturated rings. The lowest BCUT2D eigenvalue weighted by molar-refractivity contribution is 0.121. The molecule has 1 unspecified atom stereocenters. The van der Waals surface area contributed by atoms with Crippen LogP contribution in [0.1, 0.15) is 37.6 Å². The summed E-state index contributed by atoms with van der Waals surface area (Å²) in [6, 6.07) is 2.27. The average molecular weight is 297 g/mol. The second kappa shape index (κ2) is 6.69. The van der Waals surface area contributed by atoms with Gasteiger partial charge in [0.05, 0.1) is 6.20 Å². The Bertz CT molecular complexity index is 576. The molecule has 0 saturated heterocycles. The predicted molar refractivity (Wildman–Crippen MR) is 77.5 cm³/mol. The highest BCUT2D eigenvalue weighted by Gasteiger charge is 2.11. The molecule has 0 radical (unpaired) electrons. The summed E-state index contributed by atoms with van der Waals surface area (Å²) in [6.07, 6.45) is 2.18. The summed E-state index contributed by atoms with van der Waals surface area (Å²) < 4.78 is 28.0. The maximum atomic E-state index is 12.4. The fourth-order valence-corrected chi connectivity index (χ4v) is 2.02. The molecule has 5 nitrogen and oxygen atoms in total. The summed E-state index contributed by atoms with van der Waals surface area (Å²) >= 11 is 0. The topological polar surface area (TPSA) is 47.7 Å². The monoisotopic (exact) mass is 297 g/mol. The van der Waals surface area contributed by atoms with Crippen molar-refractivity contribution >= 4 is 5.82 Å². The van der Waals surface area contributed by atoms with Crippen LogP contribution in [-0.4, -0.2) is 26.0 Å². The molecule has 0 spiro atoms. The molecule has 1 N–H and O–H groups in total. The first kappa shape index (κ1) is 15.5. The molecule has 2 heterocycles. The summed E-state index contributed by atoms with van der Waals surface area (Å²) in [7, 11) is 0. The van der Waals surface area contributed by atoms with Gasteiger partial charge in [0, 0.05) is 36.1 Å². The van der Waals surface area contributed by atoms with Crippen molar-refractivity contribution in [3.63, 3.8) is 0 Å². The molecule has 21 heavy (non-hydrogen) atoms.